The molecule has 0 radical (unpaired) electrons. The van der Waals surface area contributed by atoms with E-state index < -0.39 is 0 Å². The number of H-pyrrole nitrogens is 1. The highest BCUT2D eigenvalue weighted by atomic mass is 16.2. The minimum absolute atomic E-state index is 0.171. The Balaban J connectivity index is 1.95. The number of aromatic amines is 1. The number of hydrogen-bond acceptors (Lipinski definition) is 4. The molecule has 0 aliphatic rings. The second-order valence-electron chi connectivity index (χ2n) is 4.72. The van der Waals surface area contributed by atoms with Crippen LogP contribution in [0.3, 0.4) is 0 Å². The van der Waals surface area contributed by atoms with Crippen molar-refractivity contribution in [1.82, 2.24) is 20.5 Å². The smallest absolute Gasteiger partial charge is 0.320 e. The minimum Gasteiger partial charge on any atom is -0.384 e. The summed E-state index contributed by atoms with van der Waals surface area (Å²) in [5.74, 6) is 1.11. The van der Waals surface area contributed by atoms with Crippen LogP contribution in [0.2, 0.25) is 0 Å². The van der Waals surface area contributed by atoms with Gasteiger partial charge in [0.05, 0.1) is 0 Å². The lowest BCUT2D eigenvalue weighted by Gasteiger charge is -2.09. The van der Waals surface area contributed by atoms with Crippen LogP contribution >= 0.6 is 0 Å². The molecule has 5 N–H and O–H groups in total. The lowest BCUT2D eigenvalue weighted by Crippen LogP contribution is -2.28. The summed E-state index contributed by atoms with van der Waals surface area (Å²) in [5.41, 5.74) is 7.57. The van der Waals surface area contributed by atoms with Gasteiger partial charge in [-0.15, -0.1) is 0 Å². The van der Waals surface area contributed by atoms with Crippen molar-refractivity contribution in [1.29, 1.82) is 0 Å². The largest absolute Gasteiger partial charge is 0.384 e. The first-order valence-corrected chi connectivity index (χ1v) is 6.35. The van der Waals surface area contributed by atoms with Gasteiger partial charge < -0.3 is 11.1 Å². The van der Waals surface area contributed by atoms with Crippen molar-refractivity contribution in [3.8, 4) is 0 Å². The van der Waals surface area contributed by atoms with Crippen LogP contribution < -0.4 is 16.4 Å². The predicted octanol–water partition coefficient (Wildman–Crippen LogP) is 1.83. The molecule has 0 bridgehead atoms. The van der Waals surface area contributed by atoms with E-state index in [2.05, 4.69) is 25.8 Å². The first kappa shape index (κ1) is 13.9. The third-order valence-corrected chi connectivity index (χ3v) is 2.85. The number of carbonyl (C=O) groups excluding carboxylic acids is 1. The second-order valence-corrected chi connectivity index (χ2v) is 4.72. The highest BCUT2D eigenvalue weighted by Crippen LogP contribution is 2.27. The quantitative estimate of drug-likeness (QED) is 0.682. The number of urea groups is 1. The molecule has 7 nitrogen and oxygen atoms in total. The fourth-order valence-electron chi connectivity index (χ4n) is 1.88. The molecule has 2 aromatic heterocycles. The van der Waals surface area contributed by atoms with E-state index in [1.807, 2.05) is 26.0 Å². The van der Waals surface area contributed by atoms with Crippen molar-refractivity contribution in [2.24, 2.45) is 0 Å². The molecule has 0 aromatic carbocycles. The Bertz CT molecular complexity index is 578. The predicted molar refractivity (Wildman–Crippen MR) is 77.2 cm³/mol. The molecule has 0 aliphatic heterocycles. The summed E-state index contributed by atoms with van der Waals surface area (Å²) in [5, 5.41) is 12.1. The van der Waals surface area contributed by atoms with E-state index in [0.717, 1.165) is 11.1 Å². The van der Waals surface area contributed by atoms with Gasteiger partial charge >= 0.3 is 6.03 Å². The normalized spacial score (nSPS) is 10.6. The van der Waals surface area contributed by atoms with Crippen LogP contribution in [0.15, 0.2) is 24.5 Å². The monoisotopic (exact) mass is 274 g/mol. The van der Waals surface area contributed by atoms with Crippen molar-refractivity contribution in [3.63, 3.8) is 0 Å². The zero-order valence-electron chi connectivity index (χ0n) is 11.5. The number of pyridine rings is 1. The summed E-state index contributed by atoms with van der Waals surface area (Å²) in [4.78, 5) is 15.8. The van der Waals surface area contributed by atoms with Crippen LogP contribution in [-0.2, 0) is 6.54 Å². The van der Waals surface area contributed by atoms with Crippen LogP contribution in [-0.4, -0.2) is 21.2 Å². The molecule has 0 atom stereocenters. The summed E-state index contributed by atoms with van der Waals surface area (Å²) >= 11 is 0. The first-order valence-electron chi connectivity index (χ1n) is 6.35. The maximum Gasteiger partial charge on any atom is 0.320 e. The van der Waals surface area contributed by atoms with E-state index in [4.69, 9.17) is 5.73 Å². The lowest BCUT2D eigenvalue weighted by molar-refractivity contribution is 0.251. The van der Waals surface area contributed by atoms with Crippen molar-refractivity contribution in [3.05, 3.63) is 35.7 Å². The Kier molecular flexibility index (Phi) is 4.19. The zero-order chi connectivity index (χ0) is 14.5. The van der Waals surface area contributed by atoms with Crippen molar-refractivity contribution in [2.45, 2.75) is 26.3 Å². The number of aromatic nitrogens is 3. The fraction of sp³-hybridized carbons (Fsp3) is 0.308. The van der Waals surface area contributed by atoms with E-state index in [0.29, 0.717) is 18.2 Å². The number of nitrogens with one attached hydrogen (secondary N) is 3. The summed E-state index contributed by atoms with van der Waals surface area (Å²) in [6.45, 7) is 4.40. The molecule has 106 valence electrons. The molecule has 2 heterocycles. The summed E-state index contributed by atoms with van der Waals surface area (Å²) in [7, 11) is 0. The maximum atomic E-state index is 11.8. The number of hydrogen-bond donors (Lipinski definition) is 4. The van der Waals surface area contributed by atoms with Crippen molar-refractivity contribution in [2.75, 3.05) is 11.1 Å². The Morgan fingerprint density at radius 3 is 2.75 bits per heavy atom. The molecule has 2 rings (SSSR count). The summed E-state index contributed by atoms with van der Waals surface area (Å²) < 4.78 is 0. The summed E-state index contributed by atoms with van der Waals surface area (Å²) in [6, 6.07) is 3.36. The van der Waals surface area contributed by atoms with Gasteiger partial charge in [0.25, 0.3) is 0 Å². The van der Waals surface area contributed by atoms with Crippen LogP contribution in [0.5, 0.6) is 0 Å². The molecule has 20 heavy (non-hydrogen) atoms. The van der Waals surface area contributed by atoms with Gasteiger partial charge in [-0.05, 0) is 23.6 Å². The maximum absolute atomic E-state index is 11.8. The van der Waals surface area contributed by atoms with Gasteiger partial charge in [-0.1, -0.05) is 13.8 Å². The third-order valence-electron chi connectivity index (χ3n) is 2.85. The SMILES string of the molecule is CC(C)c1c(NC(=O)NCc2ccncc2)n[nH]c1N. The van der Waals surface area contributed by atoms with Gasteiger partial charge in [0.2, 0.25) is 0 Å². The molecule has 7 heteroatoms. The van der Waals surface area contributed by atoms with Crippen molar-refractivity contribution < 1.29 is 4.79 Å². The van der Waals surface area contributed by atoms with Crippen molar-refractivity contribution >= 4 is 17.7 Å². The van der Waals surface area contributed by atoms with Gasteiger partial charge in [-0.3, -0.25) is 15.4 Å². The van der Waals surface area contributed by atoms with E-state index in [-0.39, 0.29) is 11.9 Å². The number of nitrogen functional groups attached to an aromatic ring is 1. The third kappa shape index (κ3) is 3.25. The Morgan fingerprint density at radius 2 is 2.10 bits per heavy atom. The number of nitrogens with two attached hydrogens (primary N) is 1. The summed E-state index contributed by atoms with van der Waals surface area (Å²) in [6.07, 6.45) is 3.36. The minimum atomic E-state index is -0.324. The standard InChI is InChI=1S/C13H18N6O/c1-8(2)10-11(14)18-19-12(10)17-13(20)16-7-9-3-5-15-6-4-9/h3-6,8H,7H2,1-2H3,(H5,14,16,17,18,19,20). The van der Waals surface area contributed by atoms with Gasteiger partial charge in [-0.2, -0.15) is 5.10 Å². The van der Waals surface area contributed by atoms with E-state index in [9.17, 15) is 4.79 Å². The average Bonchev–Trinajstić information content (AvgIpc) is 2.78. The molecule has 0 saturated heterocycles. The Labute approximate surface area is 117 Å². The van der Waals surface area contributed by atoms with Gasteiger partial charge in [0.1, 0.15) is 5.82 Å². The first-order chi connectivity index (χ1) is 9.58. The molecule has 0 fully saturated rings. The van der Waals surface area contributed by atoms with Crippen LogP contribution in [0.1, 0.15) is 30.9 Å². The number of carbonyl (C=O) groups is 1. The van der Waals surface area contributed by atoms with Gasteiger partial charge in [-0.25, -0.2) is 4.79 Å². The second kappa shape index (κ2) is 6.05. The molecule has 0 saturated carbocycles. The lowest BCUT2D eigenvalue weighted by atomic mass is 10.1. The highest BCUT2D eigenvalue weighted by Gasteiger charge is 2.16. The number of anilines is 2. The van der Waals surface area contributed by atoms with Crippen LogP contribution in [0.25, 0.3) is 0 Å². The molecular weight excluding hydrogens is 256 g/mol. The molecular formula is C13H18N6O. The van der Waals surface area contributed by atoms with Crippen LogP contribution in [0.4, 0.5) is 16.4 Å². The fourth-order valence-corrected chi connectivity index (χ4v) is 1.88. The van der Waals surface area contributed by atoms with Crippen LogP contribution in [0, 0.1) is 0 Å². The zero-order valence-corrected chi connectivity index (χ0v) is 11.5. The molecule has 2 amide bonds. The molecule has 0 spiro atoms. The van der Waals surface area contributed by atoms with E-state index >= 15 is 0 Å². The molecule has 0 aliphatic carbocycles. The average molecular weight is 274 g/mol. The van der Waals surface area contributed by atoms with E-state index in [1.54, 1.807) is 12.4 Å². The number of rotatable bonds is 4. The molecule has 2 aromatic rings. The van der Waals surface area contributed by atoms with Gasteiger partial charge in [0.15, 0.2) is 5.82 Å². The van der Waals surface area contributed by atoms with E-state index in [1.165, 1.54) is 0 Å². The highest BCUT2D eigenvalue weighted by molar-refractivity contribution is 5.89. The van der Waals surface area contributed by atoms with Gasteiger partial charge in [0, 0.05) is 24.5 Å². The topological polar surface area (TPSA) is 109 Å². The number of amides is 2. The Hall–Kier alpha value is -2.57. The molecule has 0 unspecified atom stereocenters. The number of nitrogens with zero attached hydrogens (tertiary/aromatic N) is 2. The Morgan fingerprint density at radius 1 is 1.40 bits per heavy atom.